The van der Waals surface area contributed by atoms with Crippen molar-refractivity contribution in [2.75, 3.05) is 19.0 Å². The van der Waals surface area contributed by atoms with Gasteiger partial charge in [-0.15, -0.1) is 0 Å². The minimum Gasteiger partial charge on any atom is -0.497 e. The number of methoxy groups -OCH3 is 1. The van der Waals surface area contributed by atoms with E-state index in [1.54, 1.807) is 7.11 Å². The van der Waals surface area contributed by atoms with Gasteiger partial charge in [0.05, 0.1) is 7.11 Å². The van der Waals surface area contributed by atoms with Crippen molar-refractivity contribution in [2.24, 2.45) is 5.41 Å². The van der Waals surface area contributed by atoms with Gasteiger partial charge in [0.2, 0.25) is 11.8 Å². The van der Waals surface area contributed by atoms with Crippen LogP contribution in [0.2, 0.25) is 0 Å². The van der Waals surface area contributed by atoms with Crippen LogP contribution in [0.4, 0.5) is 5.69 Å². The van der Waals surface area contributed by atoms with E-state index in [0.29, 0.717) is 25.8 Å². The molecule has 0 saturated heterocycles. The number of ether oxygens (including phenoxy) is 1. The summed E-state index contributed by atoms with van der Waals surface area (Å²) in [5.41, 5.74) is 2.11. The predicted molar refractivity (Wildman–Crippen MR) is 106 cm³/mol. The zero-order valence-corrected chi connectivity index (χ0v) is 15.9. The van der Waals surface area contributed by atoms with Crippen LogP contribution in [0.15, 0.2) is 48.5 Å². The van der Waals surface area contributed by atoms with E-state index in [1.807, 2.05) is 48.5 Å². The lowest BCUT2D eigenvalue weighted by molar-refractivity contribution is -0.134. The lowest BCUT2D eigenvalue weighted by Crippen LogP contribution is -2.40. The minimum atomic E-state index is -0.919. The Morgan fingerprint density at radius 2 is 1.78 bits per heavy atom. The fourth-order valence-corrected chi connectivity index (χ4v) is 3.07. The third-order valence-corrected chi connectivity index (χ3v) is 5.07. The van der Waals surface area contributed by atoms with Crippen molar-refractivity contribution >= 4 is 17.5 Å². The number of hydrogen-bond donors (Lipinski definition) is 2. The van der Waals surface area contributed by atoms with Crippen LogP contribution in [0.5, 0.6) is 5.75 Å². The highest BCUT2D eigenvalue weighted by Crippen LogP contribution is 2.46. The van der Waals surface area contributed by atoms with Gasteiger partial charge in [-0.25, -0.2) is 0 Å². The second-order valence-corrected chi connectivity index (χ2v) is 6.94. The summed E-state index contributed by atoms with van der Waals surface area (Å²) in [7, 11) is 1.63. The van der Waals surface area contributed by atoms with Crippen molar-refractivity contribution in [2.45, 2.75) is 32.6 Å². The van der Waals surface area contributed by atoms with Crippen molar-refractivity contribution < 1.29 is 14.3 Å². The molecule has 1 aliphatic rings. The molecule has 0 aromatic heterocycles. The van der Waals surface area contributed by atoms with Crippen molar-refractivity contribution in [3.05, 3.63) is 59.7 Å². The van der Waals surface area contributed by atoms with E-state index in [9.17, 15) is 9.59 Å². The number of carbonyl (C=O) groups excluding carboxylic acids is 2. The molecule has 0 aliphatic heterocycles. The maximum atomic E-state index is 12.6. The van der Waals surface area contributed by atoms with Gasteiger partial charge in [0.25, 0.3) is 0 Å². The molecule has 0 heterocycles. The topological polar surface area (TPSA) is 67.4 Å². The monoisotopic (exact) mass is 366 g/mol. The molecule has 2 N–H and O–H groups in total. The highest BCUT2D eigenvalue weighted by molar-refractivity contribution is 6.13. The summed E-state index contributed by atoms with van der Waals surface area (Å²) in [5, 5.41) is 5.80. The quantitative estimate of drug-likeness (QED) is 0.704. The van der Waals surface area contributed by atoms with Crippen molar-refractivity contribution in [1.82, 2.24) is 5.32 Å². The summed E-state index contributed by atoms with van der Waals surface area (Å²) < 4.78 is 5.21. The zero-order chi connectivity index (χ0) is 19.3. The highest BCUT2D eigenvalue weighted by atomic mass is 16.5. The summed E-state index contributed by atoms with van der Waals surface area (Å²) in [6.07, 6.45) is 2.83. The van der Waals surface area contributed by atoms with Gasteiger partial charge in [-0.05, 0) is 61.1 Å². The van der Waals surface area contributed by atoms with Crippen molar-refractivity contribution in [3.63, 3.8) is 0 Å². The van der Waals surface area contributed by atoms with E-state index in [4.69, 9.17) is 4.74 Å². The Labute approximate surface area is 160 Å². The first-order valence-corrected chi connectivity index (χ1v) is 9.39. The molecule has 1 aliphatic carbocycles. The van der Waals surface area contributed by atoms with Gasteiger partial charge < -0.3 is 15.4 Å². The fraction of sp³-hybridized carbons (Fsp3) is 0.364. The van der Waals surface area contributed by atoms with E-state index in [2.05, 4.69) is 17.6 Å². The Balaban J connectivity index is 1.52. The first-order chi connectivity index (χ1) is 13.1. The maximum Gasteiger partial charge on any atom is 0.240 e. The fourth-order valence-electron chi connectivity index (χ4n) is 3.07. The molecule has 0 radical (unpaired) electrons. The summed E-state index contributed by atoms with van der Waals surface area (Å²) in [4.78, 5) is 25.2. The van der Waals surface area contributed by atoms with Crippen LogP contribution in [0.1, 0.15) is 30.9 Å². The van der Waals surface area contributed by atoms with Crippen LogP contribution in [0.3, 0.4) is 0 Å². The van der Waals surface area contributed by atoms with Gasteiger partial charge in [0.15, 0.2) is 0 Å². The SMILES string of the molecule is CCc1ccc(NC(=O)C2(C(=O)NCCc3cccc(OC)c3)CC2)cc1. The Kier molecular flexibility index (Phi) is 5.79. The Morgan fingerprint density at radius 1 is 1.04 bits per heavy atom. The molecule has 0 bridgehead atoms. The van der Waals surface area contributed by atoms with E-state index in [0.717, 1.165) is 23.4 Å². The Bertz CT molecular complexity index is 811. The first-order valence-electron chi connectivity index (χ1n) is 9.39. The van der Waals surface area contributed by atoms with Gasteiger partial charge >= 0.3 is 0 Å². The number of carbonyl (C=O) groups is 2. The van der Waals surface area contributed by atoms with Crippen LogP contribution >= 0.6 is 0 Å². The zero-order valence-electron chi connectivity index (χ0n) is 15.9. The van der Waals surface area contributed by atoms with Gasteiger partial charge in [-0.1, -0.05) is 31.2 Å². The van der Waals surface area contributed by atoms with Crippen LogP contribution < -0.4 is 15.4 Å². The number of hydrogen-bond acceptors (Lipinski definition) is 3. The van der Waals surface area contributed by atoms with Crippen LogP contribution in [-0.2, 0) is 22.4 Å². The van der Waals surface area contributed by atoms with E-state index in [1.165, 1.54) is 5.56 Å². The first kappa shape index (κ1) is 19.0. The average Bonchev–Trinajstić information content (AvgIpc) is 3.51. The van der Waals surface area contributed by atoms with E-state index >= 15 is 0 Å². The Hall–Kier alpha value is -2.82. The average molecular weight is 366 g/mol. The van der Waals surface area contributed by atoms with E-state index < -0.39 is 5.41 Å². The maximum absolute atomic E-state index is 12.6. The molecule has 5 heteroatoms. The minimum absolute atomic E-state index is 0.187. The normalized spacial score (nSPS) is 14.3. The summed E-state index contributed by atoms with van der Waals surface area (Å²) in [6.45, 7) is 2.58. The molecule has 5 nitrogen and oxygen atoms in total. The van der Waals surface area contributed by atoms with Crippen LogP contribution in [-0.4, -0.2) is 25.5 Å². The van der Waals surface area contributed by atoms with Gasteiger partial charge in [-0.3, -0.25) is 9.59 Å². The largest absolute Gasteiger partial charge is 0.497 e. The van der Waals surface area contributed by atoms with Crippen molar-refractivity contribution in [3.8, 4) is 5.75 Å². The molecular formula is C22H26N2O3. The summed E-state index contributed by atoms with van der Waals surface area (Å²) >= 11 is 0. The van der Waals surface area contributed by atoms with Gasteiger partial charge in [0.1, 0.15) is 11.2 Å². The number of anilines is 1. The number of amides is 2. The van der Waals surface area contributed by atoms with Crippen LogP contribution in [0.25, 0.3) is 0 Å². The standard InChI is InChI=1S/C22H26N2O3/c1-3-16-7-9-18(10-8-16)24-21(26)22(12-13-22)20(25)23-14-11-17-5-4-6-19(15-17)27-2/h4-10,15H,3,11-14H2,1-2H3,(H,23,25)(H,24,26). The van der Waals surface area contributed by atoms with Gasteiger partial charge in [-0.2, -0.15) is 0 Å². The molecule has 1 saturated carbocycles. The Morgan fingerprint density at radius 3 is 2.41 bits per heavy atom. The molecule has 0 spiro atoms. The highest BCUT2D eigenvalue weighted by Gasteiger charge is 2.56. The summed E-state index contributed by atoms with van der Waals surface area (Å²) in [5.74, 6) is 0.393. The number of benzene rings is 2. The molecule has 142 valence electrons. The lowest BCUT2D eigenvalue weighted by atomic mass is 10.0. The molecule has 27 heavy (non-hydrogen) atoms. The molecule has 2 amide bonds. The molecule has 1 fully saturated rings. The molecule has 3 rings (SSSR count). The third-order valence-electron chi connectivity index (χ3n) is 5.07. The van der Waals surface area contributed by atoms with Gasteiger partial charge in [0, 0.05) is 12.2 Å². The van der Waals surface area contributed by atoms with E-state index in [-0.39, 0.29) is 11.8 Å². The van der Waals surface area contributed by atoms with Crippen LogP contribution in [0, 0.1) is 5.41 Å². The second-order valence-electron chi connectivity index (χ2n) is 6.94. The number of rotatable bonds is 8. The molecule has 2 aromatic carbocycles. The molecule has 0 unspecified atom stereocenters. The third kappa shape index (κ3) is 4.48. The number of nitrogens with one attached hydrogen (secondary N) is 2. The van der Waals surface area contributed by atoms with Crippen molar-refractivity contribution in [1.29, 1.82) is 0 Å². The number of aryl methyl sites for hydroxylation is 1. The molecule has 0 atom stereocenters. The predicted octanol–water partition coefficient (Wildman–Crippen LogP) is 3.34. The second kappa shape index (κ2) is 8.25. The summed E-state index contributed by atoms with van der Waals surface area (Å²) in [6, 6.07) is 15.5. The molecular weight excluding hydrogens is 340 g/mol. The lowest BCUT2D eigenvalue weighted by Gasteiger charge is -2.16. The smallest absolute Gasteiger partial charge is 0.240 e. The molecule has 2 aromatic rings.